The van der Waals surface area contributed by atoms with Crippen molar-refractivity contribution in [1.29, 1.82) is 0 Å². The van der Waals surface area contributed by atoms with Crippen LogP contribution < -0.4 is 5.32 Å². The van der Waals surface area contributed by atoms with Crippen molar-refractivity contribution in [3.8, 4) is 0 Å². The third kappa shape index (κ3) is 4.64. The van der Waals surface area contributed by atoms with E-state index in [-0.39, 0.29) is 12.0 Å². The number of esters is 1. The zero-order chi connectivity index (χ0) is 12.7. The quantitative estimate of drug-likeness (QED) is 0.712. The monoisotopic (exact) mass is 242 g/mol. The Balaban J connectivity index is 2.24. The molecule has 1 aliphatic heterocycles. The van der Waals surface area contributed by atoms with Gasteiger partial charge >= 0.3 is 5.97 Å². The zero-order valence-corrected chi connectivity index (χ0v) is 11.4. The lowest BCUT2D eigenvalue weighted by molar-refractivity contribution is -0.143. The lowest BCUT2D eigenvalue weighted by atomic mass is 9.96. The van der Waals surface area contributed by atoms with Crippen LogP contribution >= 0.6 is 0 Å². The molecule has 4 nitrogen and oxygen atoms in total. The topological polar surface area (TPSA) is 41.6 Å². The molecule has 17 heavy (non-hydrogen) atoms. The second-order valence-electron chi connectivity index (χ2n) is 4.77. The molecular formula is C13H26N2O2. The van der Waals surface area contributed by atoms with E-state index in [1.165, 1.54) is 33.0 Å². The van der Waals surface area contributed by atoms with Gasteiger partial charge in [-0.1, -0.05) is 13.8 Å². The number of hydrogen-bond acceptors (Lipinski definition) is 4. The molecule has 1 saturated heterocycles. The molecule has 1 rings (SSSR count). The molecule has 1 atom stereocenters. The number of rotatable bonds is 6. The fourth-order valence-corrected chi connectivity index (χ4v) is 2.35. The van der Waals surface area contributed by atoms with Gasteiger partial charge in [0.2, 0.25) is 0 Å². The molecule has 1 heterocycles. The molecule has 0 aromatic rings. The van der Waals surface area contributed by atoms with Gasteiger partial charge in [-0.25, -0.2) is 0 Å². The average Bonchev–Trinajstić information content (AvgIpc) is 2.39. The van der Waals surface area contributed by atoms with E-state index in [1.54, 1.807) is 0 Å². The molecule has 0 saturated carbocycles. The average molecular weight is 242 g/mol. The Morgan fingerprint density at radius 1 is 1.41 bits per heavy atom. The largest absolute Gasteiger partial charge is 0.468 e. The first-order valence-electron chi connectivity index (χ1n) is 6.74. The van der Waals surface area contributed by atoms with E-state index in [0.717, 1.165) is 19.5 Å². The molecule has 1 fully saturated rings. The highest BCUT2D eigenvalue weighted by Gasteiger charge is 2.21. The van der Waals surface area contributed by atoms with Crippen LogP contribution in [0.3, 0.4) is 0 Å². The Kier molecular flexibility index (Phi) is 6.52. The summed E-state index contributed by atoms with van der Waals surface area (Å²) < 4.78 is 4.77. The second-order valence-corrected chi connectivity index (χ2v) is 4.77. The summed E-state index contributed by atoms with van der Waals surface area (Å²) in [5, 5.41) is 3.33. The minimum atomic E-state index is -0.140. The number of nitrogens with zero attached hydrogens (tertiary/aromatic N) is 1. The van der Waals surface area contributed by atoms with Crippen molar-refractivity contribution in [2.75, 3.05) is 33.3 Å². The molecule has 1 N–H and O–H groups in total. The molecule has 0 amide bonds. The minimum absolute atomic E-state index is 0.135. The predicted octanol–water partition coefficient (Wildman–Crippen LogP) is 1.26. The molecule has 0 bridgehead atoms. The first-order chi connectivity index (χ1) is 8.21. The first-order valence-corrected chi connectivity index (χ1v) is 6.74. The summed E-state index contributed by atoms with van der Waals surface area (Å²) in [5.74, 6) is 0.565. The fourth-order valence-electron chi connectivity index (χ4n) is 2.35. The van der Waals surface area contributed by atoms with Gasteiger partial charge in [0.1, 0.15) is 6.04 Å². The molecule has 0 aromatic heterocycles. The summed E-state index contributed by atoms with van der Waals surface area (Å²) in [4.78, 5) is 13.9. The van der Waals surface area contributed by atoms with Gasteiger partial charge in [0.25, 0.3) is 0 Å². The van der Waals surface area contributed by atoms with Gasteiger partial charge in [-0.3, -0.25) is 4.79 Å². The summed E-state index contributed by atoms with van der Waals surface area (Å²) in [6.45, 7) is 8.69. The van der Waals surface area contributed by atoms with Gasteiger partial charge < -0.3 is 15.0 Å². The van der Waals surface area contributed by atoms with E-state index >= 15 is 0 Å². The summed E-state index contributed by atoms with van der Waals surface area (Å²) >= 11 is 0. The lowest BCUT2D eigenvalue weighted by Gasteiger charge is -2.31. The summed E-state index contributed by atoms with van der Waals surface area (Å²) in [6, 6.07) is -0.135. The summed E-state index contributed by atoms with van der Waals surface area (Å²) in [5.41, 5.74) is 0. The summed E-state index contributed by atoms with van der Waals surface area (Å²) in [6.07, 6.45) is 3.26. The summed E-state index contributed by atoms with van der Waals surface area (Å²) in [7, 11) is 1.45. The van der Waals surface area contributed by atoms with Gasteiger partial charge in [0.15, 0.2) is 0 Å². The molecule has 0 radical (unpaired) electrons. The van der Waals surface area contributed by atoms with E-state index in [1.807, 2.05) is 6.92 Å². The number of carbonyl (C=O) groups is 1. The smallest absolute Gasteiger partial charge is 0.322 e. The van der Waals surface area contributed by atoms with E-state index in [2.05, 4.69) is 17.1 Å². The van der Waals surface area contributed by atoms with Crippen molar-refractivity contribution in [1.82, 2.24) is 10.2 Å². The normalized spacial score (nSPS) is 20.2. The maximum absolute atomic E-state index is 11.4. The Hall–Kier alpha value is -0.610. The van der Waals surface area contributed by atoms with Crippen molar-refractivity contribution in [2.24, 2.45) is 5.92 Å². The van der Waals surface area contributed by atoms with Gasteiger partial charge in [-0.05, 0) is 51.4 Å². The number of nitrogens with one attached hydrogen (secondary N) is 1. The van der Waals surface area contributed by atoms with Gasteiger partial charge in [0, 0.05) is 0 Å². The highest BCUT2D eigenvalue weighted by atomic mass is 16.5. The van der Waals surface area contributed by atoms with Gasteiger partial charge in [0.05, 0.1) is 7.11 Å². The SMILES string of the molecule is CCC(NCC1CCN(CC)CC1)C(=O)OC. The standard InChI is InChI=1S/C13H26N2O2/c1-4-12(13(16)17-3)14-10-11-6-8-15(5-2)9-7-11/h11-12,14H,4-10H2,1-3H3. The Labute approximate surface area is 105 Å². The van der Waals surface area contributed by atoms with Crippen molar-refractivity contribution >= 4 is 5.97 Å². The van der Waals surface area contributed by atoms with Crippen molar-refractivity contribution < 1.29 is 9.53 Å². The van der Waals surface area contributed by atoms with Gasteiger partial charge in [-0.2, -0.15) is 0 Å². The van der Waals surface area contributed by atoms with E-state index in [9.17, 15) is 4.79 Å². The van der Waals surface area contributed by atoms with Crippen LogP contribution in [-0.4, -0.2) is 50.2 Å². The van der Waals surface area contributed by atoms with Crippen molar-refractivity contribution in [3.05, 3.63) is 0 Å². The molecule has 1 aliphatic rings. The minimum Gasteiger partial charge on any atom is -0.468 e. The van der Waals surface area contributed by atoms with Crippen LogP contribution in [-0.2, 0) is 9.53 Å². The Bertz CT molecular complexity index is 225. The van der Waals surface area contributed by atoms with Crippen molar-refractivity contribution in [2.45, 2.75) is 39.2 Å². The highest BCUT2D eigenvalue weighted by Crippen LogP contribution is 2.16. The fraction of sp³-hybridized carbons (Fsp3) is 0.923. The molecule has 0 aromatic carbocycles. The molecule has 0 aliphatic carbocycles. The highest BCUT2D eigenvalue weighted by molar-refractivity contribution is 5.75. The van der Waals surface area contributed by atoms with E-state index in [0.29, 0.717) is 5.92 Å². The third-order valence-electron chi connectivity index (χ3n) is 3.70. The number of carbonyl (C=O) groups excluding carboxylic acids is 1. The molecule has 4 heteroatoms. The number of ether oxygens (including phenoxy) is 1. The van der Waals surface area contributed by atoms with Crippen LogP contribution in [0.4, 0.5) is 0 Å². The van der Waals surface area contributed by atoms with Crippen LogP contribution in [0.2, 0.25) is 0 Å². The molecular weight excluding hydrogens is 216 g/mol. The molecule has 100 valence electrons. The van der Waals surface area contributed by atoms with Crippen molar-refractivity contribution in [3.63, 3.8) is 0 Å². The molecule has 0 spiro atoms. The van der Waals surface area contributed by atoms with Gasteiger partial charge in [-0.15, -0.1) is 0 Å². The van der Waals surface area contributed by atoms with E-state index in [4.69, 9.17) is 4.74 Å². The predicted molar refractivity (Wildman–Crippen MR) is 68.9 cm³/mol. The second kappa shape index (κ2) is 7.67. The Morgan fingerprint density at radius 3 is 2.53 bits per heavy atom. The first kappa shape index (κ1) is 14.5. The maximum Gasteiger partial charge on any atom is 0.322 e. The Morgan fingerprint density at radius 2 is 2.06 bits per heavy atom. The number of hydrogen-bond donors (Lipinski definition) is 1. The number of likely N-dealkylation sites (tertiary alicyclic amines) is 1. The third-order valence-corrected chi connectivity index (χ3v) is 3.70. The van der Waals surface area contributed by atoms with Crippen LogP contribution in [0, 0.1) is 5.92 Å². The van der Waals surface area contributed by atoms with Crippen LogP contribution in [0.25, 0.3) is 0 Å². The molecule has 1 unspecified atom stereocenters. The number of piperidine rings is 1. The van der Waals surface area contributed by atoms with E-state index < -0.39 is 0 Å². The van der Waals surface area contributed by atoms with Crippen LogP contribution in [0.5, 0.6) is 0 Å². The number of methoxy groups -OCH3 is 1. The maximum atomic E-state index is 11.4. The zero-order valence-electron chi connectivity index (χ0n) is 11.4. The van der Waals surface area contributed by atoms with Crippen LogP contribution in [0.1, 0.15) is 33.1 Å². The lowest BCUT2D eigenvalue weighted by Crippen LogP contribution is -2.42. The van der Waals surface area contributed by atoms with Crippen LogP contribution in [0.15, 0.2) is 0 Å².